The van der Waals surface area contributed by atoms with Crippen LogP contribution in [0.25, 0.3) is 45.3 Å². The zero-order valence-corrected chi connectivity index (χ0v) is 33.0. The molecule has 6 aromatic heterocycles. The lowest BCUT2D eigenvalue weighted by molar-refractivity contribution is 0.0696. The van der Waals surface area contributed by atoms with E-state index in [0.29, 0.717) is 59.6 Å². The van der Waals surface area contributed by atoms with E-state index in [1.807, 2.05) is 10.8 Å². The lowest BCUT2D eigenvalue weighted by Crippen LogP contribution is -2.25. The molecule has 8 rings (SSSR count). The van der Waals surface area contributed by atoms with Crippen molar-refractivity contribution in [1.29, 1.82) is 0 Å². The molecule has 6 heterocycles. The number of pyridine rings is 2. The van der Waals surface area contributed by atoms with Crippen molar-refractivity contribution in [3.8, 4) is 45.3 Å². The number of halogens is 2. The van der Waals surface area contributed by atoms with Gasteiger partial charge in [-0.3, -0.25) is 14.8 Å². The molecule has 0 saturated carbocycles. The van der Waals surface area contributed by atoms with Crippen molar-refractivity contribution in [2.75, 3.05) is 13.1 Å². The van der Waals surface area contributed by atoms with Crippen LogP contribution in [0.4, 0.5) is 8.78 Å². The molecule has 0 saturated heterocycles. The fraction of sp³-hybridized carbons (Fsp3) is 0.171. The van der Waals surface area contributed by atoms with Crippen LogP contribution in [0, 0.1) is 25.5 Å². The van der Waals surface area contributed by atoms with Gasteiger partial charge in [-0.15, -0.1) is 22.7 Å². The van der Waals surface area contributed by atoms with Crippen molar-refractivity contribution in [3.63, 3.8) is 0 Å². The minimum Gasteiger partial charge on any atom is -0.478 e. The summed E-state index contributed by atoms with van der Waals surface area (Å²) in [6.07, 6.45) is 7.20. The summed E-state index contributed by atoms with van der Waals surface area (Å²) in [6.45, 7) is 4.39. The predicted octanol–water partition coefficient (Wildman–Crippen LogP) is 7.90. The van der Waals surface area contributed by atoms with Crippen LogP contribution in [0.15, 0.2) is 105 Å². The van der Waals surface area contributed by atoms with Gasteiger partial charge >= 0.3 is 5.97 Å². The van der Waals surface area contributed by atoms with Gasteiger partial charge in [0.1, 0.15) is 11.6 Å². The number of aromatic carboxylic acids is 1. The number of amides is 1. The van der Waals surface area contributed by atoms with Crippen LogP contribution in [-0.4, -0.2) is 70.3 Å². The number of hydrogen-bond acceptors (Lipinski definition) is 15. The molecule has 308 valence electrons. The van der Waals surface area contributed by atoms with Crippen LogP contribution in [0.3, 0.4) is 0 Å². The van der Waals surface area contributed by atoms with Crippen molar-refractivity contribution in [2.45, 2.75) is 34.1 Å². The maximum absolute atomic E-state index is 13.0. The molecule has 0 spiro atoms. The summed E-state index contributed by atoms with van der Waals surface area (Å²) in [6, 6.07) is 15.7. The van der Waals surface area contributed by atoms with E-state index in [9.17, 15) is 18.4 Å². The number of carbonyl (C=O) groups is 2. The summed E-state index contributed by atoms with van der Waals surface area (Å²) < 4.78 is 35.5. The first-order valence-electron chi connectivity index (χ1n) is 17.7. The molecule has 4 N–H and O–H groups in total. The summed E-state index contributed by atoms with van der Waals surface area (Å²) >= 11 is 3.09. The average Bonchev–Trinajstić information content (AvgIpc) is 4.09. The first kappa shape index (κ1) is 44.1. The maximum Gasteiger partial charge on any atom is 0.337 e. The number of hydrogen-bond donors (Lipinski definition) is 3. The molecule has 8 aromatic rings. The number of carboxylic acids is 1. The van der Waals surface area contributed by atoms with E-state index < -0.39 is 5.97 Å². The summed E-state index contributed by atoms with van der Waals surface area (Å²) in [5.74, 6) is -0.191. The first-order valence-corrected chi connectivity index (χ1v) is 19.4. The maximum atomic E-state index is 13.0. The Morgan fingerprint density at radius 2 is 1.15 bits per heavy atom. The molecule has 0 unspecified atom stereocenters. The third kappa shape index (κ3) is 12.3. The number of aromatic nitrogens is 8. The highest BCUT2D eigenvalue weighted by molar-refractivity contribution is 7.10. The Hall–Kier alpha value is -6.96. The monoisotopic (exact) mass is 852 g/mol. The van der Waals surface area contributed by atoms with Gasteiger partial charge in [0.2, 0.25) is 23.4 Å². The summed E-state index contributed by atoms with van der Waals surface area (Å²) in [7, 11) is 0. The number of aryl methyl sites for hydroxylation is 2. The number of nitrogens with one attached hydrogen (secondary N) is 1. The number of nitrogens with zero attached hydrogens (tertiary/aromatic N) is 8. The fourth-order valence-electron chi connectivity index (χ4n) is 5.06. The SMILES string of the molecule is C.Cc1nc(-c2cncc(C(=O)NCCc3nc(-c4ccc(F)cc4)cs3)c2)no1.Cc1nc(-c2cncc(C(=O)O)c2)no1.NCCc1nc(-c2ccc(F)cc2)cs1. The Morgan fingerprint density at radius 3 is 1.60 bits per heavy atom. The largest absolute Gasteiger partial charge is 0.478 e. The number of carboxylic acid groups (broad SMARTS) is 1. The molecular formula is C41H38F2N10O5S2. The minimum absolute atomic E-state index is 0. The molecule has 60 heavy (non-hydrogen) atoms. The molecule has 2 aromatic carbocycles. The Labute approximate surface area is 350 Å². The van der Waals surface area contributed by atoms with E-state index in [-0.39, 0.29) is 30.5 Å². The van der Waals surface area contributed by atoms with Crippen molar-refractivity contribution < 1.29 is 32.5 Å². The van der Waals surface area contributed by atoms with Gasteiger partial charge in [0.05, 0.1) is 32.5 Å². The highest BCUT2D eigenvalue weighted by Crippen LogP contribution is 2.24. The molecule has 15 nitrogen and oxygen atoms in total. The van der Waals surface area contributed by atoms with E-state index in [1.54, 1.807) is 61.7 Å². The number of carbonyl (C=O) groups excluding carboxylic acids is 1. The molecule has 19 heteroatoms. The van der Waals surface area contributed by atoms with Gasteiger partial charge in [0, 0.05) is 91.0 Å². The van der Waals surface area contributed by atoms with Crippen LogP contribution in [0.5, 0.6) is 0 Å². The van der Waals surface area contributed by atoms with Crippen molar-refractivity contribution >= 4 is 34.6 Å². The van der Waals surface area contributed by atoms with Gasteiger partial charge in [0.15, 0.2) is 0 Å². The first-order chi connectivity index (χ1) is 28.5. The molecular weight excluding hydrogens is 815 g/mol. The van der Waals surface area contributed by atoms with Gasteiger partial charge < -0.3 is 25.2 Å². The smallest absolute Gasteiger partial charge is 0.337 e. The van der Waals surface area contributed by atoms with Gasteiger partial charge in [-0.05, 0) is 67.2 Å². The van der Waals surface area contributed by atoms with Crippen molar-refractivity contribution in [2.24, 2.45) is 5.73 Å². The molecule has 0 aliphatic heterocycles. The molecule has 1 amide bonds. The third-order valence-electron chi connectivity index (χ3n) is 7.92. The van der Waals surface area contributed by atoms with Crippen LogP contribution < -0.4 is 11.1 Å². The average molecular weight is 853 g/mol. The van der Waals surface area contributed by atoms with Crippen molar-refractivity contribution in [1.82, 2.24) is 45.5 Å². The van der Waals surface area contributed by atoms with E-state index in [2.05, 4.69) is 45.5 Å². The normalized spacial score (nSPS) is 10.4. The van der Waals surface area contributed by atoms with E-state index in [1.165, 1.54) is 60.3 Å². The van der Waals surface area contributed by atoms with Gasteiger partial charge in [0.25, 0.3) is 5.91 Å². The zero-order chi connectivity index (χ0) is 41.7. The Morgan fingerprint density at radius 1 is 0.683 bits per heavy atom. The van der Waals surface area contributed by atoms with Crippen molar-refractivity contribution in [3.05, 3.63) is 141 Å². The fourth-order valence-corrected chi connectivity index (χ4v) is 6.70. The topological polar surface area (TPSA) is 222 Å². The highest BCUT2D eigenvalue weighted by atomic mass is 32.1. The van der Waals surface area contributed by atoms with E-state index in [0.717, 1.165) is 39.0 Å². The molecule has 0 fully saturated rings. The molecule has 0 radical (unpaired) electrons. The number of nitrogens with two attached hydrogens (primary N) is 1. The second-order valence-electron chi connectivity index (χ2n) is 12.3. The Balaban J connectivity index is 0.000000186. The minimum atomic E-state index is -1.04. The van der Waals surface area contributed by atoms with Gasteiger partial charge in [-0.25, -0.2) is 23.5 Å². The lowest BCUT2D eigenvalue weighted by Gasteiger charge is -2.04. The second kappa shape index (κ2) is 21.2. The Kier molecular flexibility index (Phi) is 15.6. The Bertz CT molecular complexity index is 2630. The van der Waals surface area contributed by atoms with Gasteiger partial charge in [-0.2, -0.15) is 9.97 Å². The quantitative estimate of drug-likeness (QED) is 0.113. The summed E-state index contributed by atoms with van der Waals surface area (Å²) in [4.78, 5) is 48.0. The second-order valence-corrected chi connectivity index (χ2v) is 14.2. The third-order valence-corrected chi connectivity index (χ3v) is 9.74. The van der Waals surface area contributed by atoms with Gasteiger partial charge in [-0.1, -0.05) is 17.7 Å². The molecule has 0 atom stereocenters. The van der Waals surface area contributed by atoms with E-state index >= 15 is 0 Å². The molecule has 0 aliphatic rings. The van der Waals surface area contributed by atoms with E-state index in [4.69, 9.17) is 19.9 Å². The molecule has 0 bridgehead atoms. The lowest BCUT2D eigenvalue weighted by atomic mass is 10.2. The molecule has 0 aliphatic carbocycles. The summed E-state index contributed by atoms with van der Waals surface area (Å²) in [5.41, 5.74) is 10.6. The highest BCUT2D eigenvalue weighted by Gasteiger charge is 2.13. The predicted molar refractivity (Wildman–Crippen MR) is 222 cm³/mol. The standard InChI is InChI=1S/C20H16FN5O2S.C11H11FN2S.C9H7N3O3.CH4/c1-12-24-19(26-28-12)14-8-15(10-22-9-14)20(27)23-7-6-18-25-17(11-29-18)13-2-4-16(21)5-3-13;12-9-3-1-8(2-4-9)10-7-15-11(14-10)5-6-13;1-5-11-8(12-15-5)6-2-7(9(13)14)4-10-3-6;/h2-5,8-11H,6-7H2,1H3,(H,23,27);1-4,7H,5-6,13H2;2-4H,1H3,(H,13,14);1H4. The summed E-state index contributed by atoms with van der Waals surface area (Å²) in [5, 5.41) is 24.9. The van der Waals surface area contributed by atoms with Crippen LogP contribution >= 0.6 is 22.7 Å². The zero-order valence-electron chi connectivity index (χ0n) is 31.4. The van der Waals surface area contributed by atoms with Crippen LogP contribution in [-0.2, 0) is 12.8 Å². The number of thiazole rings is 2. The number of benzene rings is 2. The van der Waals surface area contributed by atoms with Crippen LogP contribution in [0.2, 0.25) is 0 Å². The number of rotatable bonds is 11. The van der Waals surface area contributed by atoms with Crippen LogP contribution in [0.1, 0.15) is 49.9 Å².